The molecule has 3 rings (SSSR count). The van der Waals surface area contributed by atoms with E-state index in [-0.39, 0.29) is 0 Å². The molecule has 0 radical (unpaired) electrons. The van der Waals surface area contributed by atoms with Crippen LogP contribution in [0.1, 0.15) is 36.3 Å². The second-order valence-electron chi connectivity index (χ2n) is 5.04. The third-order valence-corrected chi connectivity index (χ3v) is 4.46. The molecule has 20 heavy (non-hydrogen) atoms. The Kier molecular flexibility index (Phi) is 3.81. The molecule has 1 aliphatic rings. The maximum atomic E-state index is 13.3. The van der Waals surface area contributed by atoms with Gasteiger partial charge in [-0.2, -0.15) is 0 Å². The zero-order valence-electron chi connectivity index (χ0n) is 11.2. The van der Waals surface area contributed by atoms with Crippen molar-refractivity contribution in [3.8, 4) is 10.6 Å². The zero-order valence-corrected chi connectivity index (χ0v) is 12.1. The number of nitrogens with zero attached hydrogens (tertiary/aromatic N) is 1. The van der Waals surface area contributed by atoms with Crippen molar-refractivity contribution in [2.75, 3.05) is 6.54 Å². The van der Waals surface area contributed by atoms with Crippen molar-refractivity contribution in [3.63, 3.8) is 0 Å². The lowest BCUT2D eigenvalue weighted by atomic mass is 10.2. The lowest BCUT2D eigenvalue weighted by molar-refractivity contribution is 0.584. The van der Waals surface area contributed by atoms with Gasteiger partial charge >= 0.3 is 0 Å². The molecular formula is C15H16F2N2S. The molecule has 0 aliphatic heterocycles. The van der Waals surface area contributed by atoms with Crippen molar-refractivity contribution in [2.24, 2.45) is 0 Å². The Hall–Kier alpha value is -1.33. The second kappa shape index (κ2) is 5.58. The SMILES string of the molecule is CCNCc1sc(-c2cc(F)cc(F)c2)nc1C1CC1. The van der Waals surface area contributed by atoms with E-state index in [9.17, 15) is 8.78 Å². The van der Waals surface area contributed by atoms with E-state index < -0.39 is 11.6 Å². The van der Waals surface area contributed by atoms with Crippen molar-refractivity contribution in [1.29, 1.82) is 0 Å². The van der Waals surface area contributed by atoms with Gasteiger partial charge in [-0.25, -0.2) is 13.8 Å². The minimum atomic E-state index is -0.559. The van der Waals surface area contributed by atoms with Crippen LogP contribution in [0, 0.1) is 11.6 Å². The van der Waals surface area contributed by atoms with Gasteiger partial charge in [0.25, 0.3) is 0 Å². The summed E-state index contributed by atoms with van der Waals surface area (Å²) in [5.41, 5.74) is 1.63. The van der Waals surface area contributed by atoms with Crippen molar-refractivity contribution < 1.29 is 8.78 Å². The molecule has 1 aliphatic carbocycles. The summed E-state index contributed by atoms with van der Waals surface area (Å²) < 4.78 is 26.6. The molecule has 106 valence electrons. The van der Waals surface area contributed by atoms with Crippen LogP contribution in [-0.4, -0.2) is 11.5 Å². The Labute approximate surface area is 120 Å². The van der Waals surface area contributed by atoms with E-state index in [0.29, 0.717) is 16.5 Å². The van der Waals surface area contributed by atoms with Crippen LogP contribution in [0.3, 0.4) is 0 Å². The standard InChI is InChI=1S/C15H16F2N2S/c1-2-18-8-13-14(9-3-4-9)19-15(20-13)10-5-11(16)7-12(17)6-10/h5-7,9,18H,2-4,8H2,1H3. The number of nitrogens with one attached hydrogen (secondary N) is 1. The quantitative estimate of drug-likeness (QED) is 0.899. The fourth-order valence-corrected chi connectivity index (χ4v) is 3.31. The Bertz CT molecular complexity index is 600. The highest BCUT2D eigenvalue weighted by atomic mass is 32.1. The Morgan fingerprint density at radius 3 is 2.55 bits per heavy atom. The van der Waals surface area contributed by atoms with Crippen LogP contribution >= 0.6 is 11.3 Å². The van der Waals surface area contributed by atoms with Gasteiger partial charge < -0.3 is 5.32 Å². The number of rotatable bonds is 5. The maximum absolute atomic E-state index is 13.3. The van der Waals surface area contributed by atoms with Crippen LogP contribution in [0.25, 0.3) is 10.6 Å². The van der Waals surface area contributed by atoms with Gasteiger partial charge in [0.05, 0.1) is 5.69 Å². The third kappa shape index (κ3) is 2.88. The van der Waals surface area contributed by atoms with Gasteiger partial charge in [0, 0.05) is 29.0 Å². The van der Waals surface area contributed by atoms with E-state index in [1.165, 1.54) is 41.2 Å². The first-order valence-corrected chi connectivity index (χ1v) is 7.65. The van der Waals surface area contributed by atoms with E-state index in [0.717, 1.165) is 24.8 Å². The molecule has 1 fully saturated rings. The van der Waals surface area contributed by atoms with Crippen LogP contribution in [0.4, 0.5) is 8.78 Å². The summed E-state index contributed by atoms with van der Waals surface area (Å²) in [5, 5.41) is 4.00. The number of hydrogen-bond acceptors (Lipinski definition) is 3. The first kappa shape index (κ1) is 13.6. The van der Waals surface area contributed by atoms with Gasteiger partial charge in [0.1, 0.15) is 16.6 Å². The van der Waals surface area contributed by atoms with Gasteiger partial charge in [-0.05, 0) is 31.5 Å². The van der Waals surface area contributed by atoms with Gasteiger partial charge in [0.2, 0.25) is 0 Å². The second-order valence-corrected chi connectivity index (χ2v) is 6.12. The fourth-order valence-electron chi connectivity index (χ4n) is 2.21. The highest BCUT2D eigenvalue weighted by Crippen LogP contribution is 2.44. The summed E-state index contributed by atoms with van der Waals surface area (Å²) in [6.07, 6.45) is 2.33. The van der Waals surface area contributed by atoms with Crippen LogP contribution in [0.2, 0.25) is 0 Å². The predicted molar refractivity (Wildman–Crippen MR) is 76.8 cm³/mol. The monoisotopic (exact) mass is 294 g/mol. The number of thiazole rings is 1. The molecule has 1 N–H and O–H groups in total. The Morgan fingerprint density at radius 2 is 1.95 bits per heavy atom. The maximum Gasteiger partial charge on any atom is 0.126 e. The lowest BCUT2D eigenvalue weighted by Gasteiger charge is -2.00. The van der Waals surface area contributed by atoms with E-state index >= 15 is 0 Å². The average molecular weight is 294 g/mol. The average Bonchev–Trinajstić information content (AvgIpc) is 3.15. The number of hydrogen-bond donors (Lipinski definition) is 1. The minimum absolute atomic E-state index is 0.525. The molecule has 5 heteroatoms. The van der Waals surface area contributed by atoms with Crippen LogP contribution < -0.4 is 5.32 Å². The van der Waals surface area contributed by atoms with Gasteiger partial charge in [-0.15, -0.1) is 11.3 Å². The van der Waals surface area contributed by atoms with Crippen LogP contribution in [0.15, 0.2) is 18.2 Å². The number of halogens is 2. The number of benzene rings is 1. The van der Waals surface area contributed by atoms with Crippen LogP contribution in [-0.2, 0) is 6.54 Å². The molecule has 2 nitrogen and oxygen atoms in total. The van der Waals surface area contributed by atoms with Gasteiger partial charge in [-0.1, -0.05) is 6.92 Å². The molecule has 0 bridgehead atoms. The topological polar surface area (TPSA) is 24.9 Å². The van der Waals surface area contributed by atoms with Crippen LogP contribution in [0.5, 0.6) is 0 Å². The van der Waals surface area contributed by atoms with E-state index in [2.05, 4.69) is 17.2 Å². The van der Waals surface area contributed by atoms with Crippen molar-refractivity contribution in [2.45, 2.75) is 32.2 Å². The molecule has 1 aromatic heterocycles. The Balaban J connectivity index is 1.96. The van der Waals surface area contributed by atoms with Gasteiger partial charge in [0.15, 0.2) is 0 Å². The first-order chi connectivity index (χ1) is 9.67. The summed E-state index contributed by atoms with van der Waals surface area (Å²) in [6, 6.07) is 3.57. The summed E-state index contributed by atoms with van der Waals surface area (Å²) in [6.45, 7) is 3.73. The predicted octanol–water partition coefficient (Wildman–Crippen LogP) is 4.08. The first-order valence-electron chi connectivity index (χ1n) is 6.84. The zero-order chi connectivity index (χ0) is 14.1. The summed E-state index contributed by atoms with van der Waals surface area (Å²) in [5.74, 6) is -0.583. The van der Waals surface area contributed by atoms with Gasteiger partial charge in [-0.3, -0.25) is 0 Å². The van der Waals surface area contributed by atoms with E-state index in [1.54, 1.807) is 0 Å². The number of aromatic nitrogens is 1. The normalized spacial score (nSPS) is 14.8. The molecule has 1 saturated carbocycles. The molecule has 0 saturated heterocycles. The lowest BCUT2D eigenvalue weighted by Crippen LogP contribution is -2.11. The molecule has 0 spiro atoms. The molecule has 1 heterocycles. The summed E-state index contributed by atoms with van der Waals surface area (Å²) in [7, 11) is 0. The van der Waals surface area contributed by atoms with Crippen molar-refractivity contribution in [3.05, 3.63) is 40.4 Å². The highest BCUT2D eigenvalue weighted by molar-refractivity contribution is 7.15. The minimum Gasteiger partial charge on any atom is -0.312 e. The molecule has 0 amide bonds. The van der Waals surface area contributed by atoms with E-state index in [4.69, 9.17) is 0 Å². The Morgan fingerprint density at radius 1 is 1.25 bits per heavy atom. The molecule has 0 unspecified atom stereocenters. The van der Waals surface area contributed by atoms with E-state index in [1.807, 2.05) is 0 Å². The smallest absolute Gasteiger partial charge is 0.126 e. The molecular weight excluding hydrogens is 278 g/mol. The molecule has 0 atom stereocenters. The third-order valence-electron chi connectivity index (χ3n) is 3.34. The van der Waals surface area contributed by atoms with Crippen molar-refractivity contribution in [1.82, 2.24) is 10.3 Å². The largest absolute Gasteiger partial charge is 0.312 e. The molecule has 2 aromatic rings. The summed E-state index contributed by atoms with van der Waals surface area (Å²) >= 11 is 1.53. The highest BCUT2D eigenvalue weighted by Gasteiger charge is 2.29. The summed E-state index contributed by atoms with van der Waals surface area (Å²) in [4.78, 5) is 5.81. The fraction of sp³-hybridized carbons (Fsp3) is 0.400. The molecule has 1 aromatic carbocycles. The van der Waals surface area contributed by atoms with Crippen molar-refractivity contribution >= 4 is 11.3 Å².